The molecule has 0 aliphatic rings. The molecule has 1 unspecified atom stereocenters. The lowest BCUT2D eigenvalue weighted by Gasteiger charge is -2.12. The van der Waals surface area contributed by atoms with E-state index in [2.05, 4.69) is 10.0 Å². The first-order valence-electron chi connectivity index (χ1n) is 8.61. The molecule has 6 nitrogen and oxygen atoms in total. The number of benzene rings is 2. The van der Waals surface area contributed by atoms with E-state index in [0.717, 1.165) is 0 Å². The Bertz CT molecular complexity index is 852. The SMILES string of the molecule is CCC(C)NS(=O)(=O)c1ccc(C(=O)NCCOc2ccc(Cl)cc2)cc1. The van der Waals surface area contributed by atoms with E-state index in [1.165, 1.54) is 24.3 Å². The Kier molecular flexibility index (Phi) is 7.65. The molecule has 2 N–H and O–H groups in total. The highest BCUT2D eigenvalue weighted by molar-refractivity contribution is 7.89. The van der Waals surface area contributed by atoms with Gasteiger partial charge in [0, 0.05) is 16.6 Å². The lowest BCUT2D eigenvalue weighted by molar-refractivity contribution is 0.0947. The second-order valence-electron chi connectivity index (χ2n) is 6.01. The van der Waals surface area contributed by atoms with Gasteiger partial charge in [-0.15, -0.1) is 0 Å². The van der Waals surface area contributed by atoms with Crippen molar-refractivity contribution in [1.29, 1.82) is 0 Å². The van der Waals surface area contributed by atoms with Crippen LogP contribution in [0.3, 0.4) is 0 Å². The molecule has 0 saturated carbocycles. The Morgan fingerprint density at radius 2 is 1.74 bits per heavy atom. The van der Waals surface area contributed by atoms with Gasteiger partial charge in [-0.25, -0.2) is 13.1 Å². The molecule has 0 spiro atoms. The third-order valence-corrected chi connectivity index (χ3v) is 5.72. The molecule has 0 bridgehead atoms. The molecule has 1 amide bonds. The van der Waals surface area contributed by atoms with E-state index in [0.29, 0.717) is 35.9 Å². The van der Waals surface area contributed by atoms with Gasteiger partial charge >= 0.3 is 0 Å². The van der Waals surface area contributed by atoms with E-state index >= 15 is 0 Å². The van der Waals surface area contributed by atoms with Crippen LogP contribution in [-0.4, -0.2) is 33.5 Å². The second kappa shape index (κ2) is 9.73. The average molecular weight is 411 g/mol. The number of hydrogen-bond donors (Lipinski definition) is 2. The minimum absolute atomic E-state index is 0.130. The maximum Gasteiger partial charge on any atom is 0.251 e. The first-order valence-corrected chi connectivity index (χ1v) is 10.5. The minimum atomic E-state index is -3.58. The standard InChI is InChI=1S/C19H23ClN2O4S/c1-3-14(2)22-27(24,25)18-10-4-15(5-11-18)19(23)21-12-13-26-17-8-6-16(20)7-9-17/h4-11,14,22H,3,12-13H2,1-2H3,(H,21,23). The van der Waals surface area contributed by atoms with Crippen LogP contribution in [-0.2, 0) is 10.0 Å². The molecule has 2 rings (SSSR count). The number of rotatable bonds is 9. The van der Waals surface area contributed by atoms with Crippen LogP contribution in [0.15, 0.2) is 53.4 Å². The summed E-state index contributed by atoms with van der Waals surface area (Å²) >= 11 is 5.80. The highest BCUT2D eigenvalue weighted by Crippen LogP contribution is 2.15. The zero-order valence-corrected chi connectivity index (χ0v) is 16.8. The second-order valence-corrected chi connectivity index (χ2v) is 8.16. The molecule has 8 heteroatoms. The van der Waals surface area contributed by atoms with Crippen LogP contribution in [0.2, 0.25) is 5.02 Å². The van der Waals surface area contributed by atoms with Crippen molar-refractivity contribution in [3.63, 3.8) is 0 Å². The number of hydrogen-bond acceptors (Lipinski definition) is 4. The van der Waals surface area contributed by atoms with Crippen LogP contribution in [0, 0.1) is 0 Å². The van der Waals surface area contributed by atoms with Crippen molar-refractivity contribution in [2.24, 2.45) is 0 Å². The summed E-state index contributed by atoms with van der Waals surface area (Å²) in [6, 6.07) is 12.6. The number of nitrogens with one attached hydrogen (secondary N) is 2. The summed E-state index contributed by atoms with van der Waals surface area (Å²) in [6.45, 7) is 4.32. The van der Waals surface area contributed by atoms with E-state index in [9.17, 15) is 13.2 Å². The van der Waals surface area contributed by atoms with Gasteiger partial charge in [-0.1, -0.05) is 18.5 Å². The Labute approximate surface area is 164 Å². The fourth-order valence-corrected chi connectivity index (χ4v) is 3.62. The molecule has 0 aliphatic heterocycles. The van der Waals surface area contributed by atoms with E-state index in [1.807, 2.05) is 6.92 Å². The molecular formula is C19H23ClN2O4S. The molecule has 2 aromatic carbocycles. The van der Waals surface area contributed by atoms with Gasteiger partial charge in [0.25, 0.3) is 5.91 Å². The molecule has 0 heterocycles. The van der Waals surface area contributed by atoms with Crippen molar-refractivity contribution in [2.75, 3.05) is 13.2 Å². The molecule has 0 aliphatic carbocycles. The van der Waals surface area contributed by atoms with Crippen LogP contribution in [0.25, 0.3) is 0 Å². The van der Waals surface area contributed by atoms with Gasteiger partial charge < -0.3 is 10.1 Å². The van der Waals surface area contributed by atoms with Gasteiger partial charge in [-0.05, 0) is 61.9 Å². The van der Waals surface area contributed by atoms with Crippen molar-refractivity contribution in [3.8, 4) is 5.75 Å². The number of halogens is 1. The van der Waals surface area contributed by atoms with Crippen LogP contribution >= 0.6 is 11.6 Å². The normalized spacial score (nSPS) is 12.4. The Morgan fingerprint density at radius 1 is 1.11 bits per heavy atom. The number of amides is 1. The highest BCUT2D eigenvalue weighted by Gasteiger charge is 2.17. The van der Waals surface area contributed by atoms with E-state index in [4.69, 9.17) is 16.3 Å². The molecular weight excluding hydrogens is 388 g/mol. The van der Waals surface area contributed by atoms with Crippen molar-refractivity contribution in [1.82, 2.24) is 10.0 Å². The van der Waals surface area contributed by atoms with Gasteiger partial charge in [0.15, 0.2) is 0 Å². The average Bonchev–Trinajstić information content (AvgIpc) is 2.66. The minimum Gasteiger partial charge on any atom is -0.492 e. The Hall–Kier alpha value is -2.09. The summed E-state index contributed by atoms with van der Waals surface area (Å²) in [4.78, 5) is 12.3. The summed E-state index contributed by atoms with van der Waals surface area (Å²) in [5.41, 5.74) is 0.379. The summed E-state index contributed by atoms with van der Waals surface area (Å²) < 4.78 is 32.5. The fraction of sp³-hybridized carbons (Fsp3) is 0.316. The van der Waals surface area contributed by atoms with Crippen molar-refractivity contribution in [3.05, 3.63) is 59.1 Å². The molecule has 0 fully saturated rings. The van der Waals surface area contributed by atoms with Crippen LogP contribution in [0.4, 0.5) is 0 Å². The number of carbonyl (C=O) groups is 1. The third-order valence-electron chi connectivity index (χ3n) is 3.87. The Morgan fingerprint density at radius 3 is 2.33 bits per heavy atom. The maximum absolute atomic E-state index is 12.2. The fourth-order valence-electron chi connectivity index (χ4n) is 2.17. The number of sulfonamides is 1. The third kappa shape index (κ3) is 6.53. The first kappa shape index (κ1) is 21.2. The zero-order valence-electron chi connectivity index (χ0n) is 15.2. The molecule has 146 valence electrons. The van der Waals surface area contributed by atoms with E-state index < -0.39 is 10.0 Å². The summed E-state index contributed by atoms with van der Waals surface area (Å²) in [6.07, 6.45) is 0.692. The van der Waals surface area contributed by atoms with Crippen LogP contribution in [0.5, 0.6) is 5.75 Å². The largest absolute Gasteiger partial charge is 0.492 e. The quantitative estimate of drug-likeness (QED) is 0.621. The van der Waals surface area contributed by atoms with Crippen LogP contribution < -0.4 is 14.8 Å². The lowest BCUT2D eigenvalue weighted by atomic mass is 10.2. The summed E-state index contributed by atoms with van der Waals surface area (Å²) in [7, 11) is -3.58. The monoisotopic (exact) mass is 410 g/mol. The first-order chi connectivity index (χ1) is 12.8. The Balaban J connectivity index is 1.85. The van der Waals surface area contributed by atoms with Gasteiger partial charge in [0.1, 0.15) is 12.4 Å². The van der Waals surface area contributed by atoms with Gasteiger partial charge in [0.05, 0.1) is 11.4 Å². The number of carbonyl (C=O) groups excluding carboxylic acids is 1. The highest BCUT2D eigenvalue weighted by atomic mass is 35.5. The smallest absolute Gasteiger partial charge is 0.251 e. The maximum atomic E-state index is 12.2. The van der Waals surface area contributed by atoms with E-state index in [-0.39, 0.29) is 16.8 Å². The molecule has 27 heavy (non-hydrogen) atoms. The van der Waals surface area contributed by atoms with Crippen LogP contribution in [0.1, 0.15) is 30.6 Å². The van der Waals surface area contributed by atoms with Gasteiger partial charge in [-0.3, -0.25) is 4.79 Å². The van der Waals surface area contributed by atoms with Gasteiger partial charge in [-0.2, -0.15) is 0 Å². The van der Waals surface area contributed by atoms with Crippen molar-refractivity contribution >= 4 is 27.5 Å². The molecule has 2 aromatic rings. The lowest BCUT2D eigenvalue weighted by Crippen LogP contribution is -2.32. The predicted molar refractivity (Wildman–Crippen MR) is 106 cm³/mol. The predicted octanol–water partition coefficient (Wildman–Crippen LogP) is 3.23. The van der Waals surface area contributed by atoms with E-state index in [1.54, 1.807) is 31.2 Å². The molecule has 0 saturated heterocycles. The van der Waals surface area contributed by atoms with Gasteiger partial charge in [0.2, 0.25) is 10.0 Å². The molecule has 0 aromatic heterocycles. The number of ether oxygens (including phenoxy) is 1. The van der Waals surface area contributed by atoms with Crippen molar-refractivity contribution < 1.29 is 17.9 Å². The molecule has 1 atom stereocenters. The summed E-state index contributed by atoms with van der Waals surface area (Å²) in [5, 5.41) is 3.35. The van der Waals surface area contributed by atoms with Crippen molar-refractivity contribution in [2.45, 2.75) is 31.2 Å². The summed E-state index contributed by atoms with van der Waals surface area (Å²) in [5.74, 6) is 0.366. The molecule has 0 radical (unpaired) electrons. The topological polar surface area (TPSA) is 84.5 Å². The zero-order chi connectivity index (χ0) is 19.9.